The molecule has 35 heavy (non-hydrogen) atoms. The molecule has 1 amide bonds. The summed E-state index contributed by atoms with van der Waals surface area (Å²) < 4.78 is 11.6. The highest BCUT2D eigenvalue weighted by Crippen LogP contribution is 2.40. The molecule has 186 valence electrons. The van der Waals surface area contributed by atoms with Crippen molar-refractivity contribution in [3.05, 3.63) is 64.7 Å². The number of carbonyl (C=O) groups is 2. The van der Waals surface area contributed by atoms with Gasteiger partial charge in [-0.05, 0) is 54.3 Å². The first-order valence-corrected chi connectivity index (χ1v) is 12.4. The van der Waals surface area contributed by atoms with Crippen molar-refractivity contribution in [1.29, 1.82) is 0 Å². The van der Waals surface area contributed by atoms with Gasteiger partial charge in [-0.15, -0.1) is 0 Å². The molecule has 0 spiro atoms. The summed E-state index contributed by atoms with van der Waals surface area (Å²) in [7, 11) is 4.09. The largest absolute Gasteiger partial charge is 0.872 e. The fourth-order valence-electron chi connectivity index (χ4n) is 4.76. The average molecular weight is 479 g/mol. The van der Waals surface area contributed by atoms with Crippen molar-refractivity contribution >= 4 is 17.4 Å². The topological polar surface area (TPSA) is 83.3 Å². The van der Waals surface area contributed by atoms with Crippen LogP contribution in [0.3, 0.4) is 0 Å². The standard InChI is InChI=1S/C28H34N2O5/c1-5-14-34-22-9-6-8-19(17-22)25-24(27(32)28(33)30(25)13-7-12-29(3)4)26(31)20-10-11-23-21(16-20)15-18(2)35-23/h6,8-11,16-18,25,31H,5,7,12-15H2,1-4H3. The van der Waals surface area contributed by atoms with Crippen LogP contribution in [0.5, 0.6) is 11.5 Å². The molecule has 7 nitrogen and oxygen atoms in total. The number of hydrogen-bond acceptors (Lipinski definition) is 5. The van der Waals surface area contributed by atoms with E-state index in [0.717, 1.165) is 30.7 Å². The maximum absolute atomic E-state index is 13.7. The van der Waals surface area contributed by atoms with Crippen LogP contribution in [0.2, 0.25) is 0 Å². The Morgan fingerprint density at radius 3 is 2.74 bits per heavy atom. The highest BCUT2D eigenvalue weighted by atomic mass is 16.5. The summed E-state index contributed by atoms with van der Waals surface area (Å²) in [6.07, 6.45) is 2.34. The Morgan fingerprint density at radius 1 is 1.20 bits per heavy atom. The molecule has 0 bridgehead atoms. The number of likely N-dealkylation sites (tertiary alicyclic amines) is 1. The van der Waals surface area contributed by atoms with Gasteiger partial charge in [-0.25, -0.2) is 0 Å². The molecule has 7 heteroatoms. The second-order valence-corrected chi connectivity index (χ2v) is 9.66. The first-order valence-electron chi connectivity index (χ1n) is 12.4. The predicted octanol–water partition coefficient (Wildman–Crippen LogP) is 1.56. The molecule has 1 fully saturated rings. The maximum Gasteiger partial charge on any atom is 0.295 e. The summed E-state index contributed by atoms with van der Waals surface area (Å²) in [4.78, 5) is 29.2. The van der Waals surface area contributed by atoms with Crippen LogP contribution >= 0.6 is 0 Å². The van der Waals surface area contributed by atoms with Crippen molar-refractivity contribution in [1.82, 2.24) is 4.90 Å². The van der Waals surface area contributed by atoms with Gasteiger partial charge in [0.25, 0.3) is 5.91 Å². The third kappa shape index (κ3) is 5.20. The molecule has 2 heterocycles. The third-order valence-corrected chi connectivity index (χ3v) is 6.41. The van der Waals surface area contributed by atoms with Crippen LogP contribution in [0.25, 0.3) is 5.76 Å². The van der Waals surface area contributed by atoms with Gasteiger partial charge in [0.1, 0.15) is 17.6 Å². The van der Waals surface area contributed by atoms with E-state index in [1.807, 2.05) is 52.2 Å². The van der Waals surface area contributed by atoms with Gasteiger partial charge >= 0.3 is 0 Å². The molecule has 0 aromatic heterocycles. The molecule has 2 unspecified atom stereocenters. The Balaban J connectivity index is 1.77. The third-order valence-electron chi connectivity index (χ3n) is 6.41. The van der Waals surface area contributed by atoms with Crippen LogP contribution in [0.4, 0.5) is 0 Å². The number of rotatable bonds is 9. The Hall–Kier alpha value is -3.32. The predicted molar refractivity (Wildman–Crippen MR) is 131 cm³/mol. The Bertz CT molecular complexity index is 1140. The van der Waals surface area contributed by atoms with Crippen LogP contribution in [0.15, 0.2) is 48.0 Å². The Kier molecular flexibility index (Phi) is 7.45. The lowest BCUT2D eigenvalue weighted by atomic mass is 9.94. The summed E-state index contributed by atoms with van der Waals surface area (Å²) in [5.41, 5.74) is 2.06. The molecule has 1 saturated heterocycles. The number of amides is 1. The molecule has 0 saturated carbocycles. The molecular weight excluding hydrogens is 444 g/mol. The zero-order valence-corrected chi connectivity index (χ0v) is 20.9. The number of carbonyl (C=O) groups excluding carboxylic acids is 2. The molecule has 2 aliphatic rings. The van der Waals surface area contributed by atoms with Crippen molar-refractivity contribution < 1.29 is 29.1 Å². The van der Waals surface area contributed by atoms with E-state index in [-0.39, 0.29) is 11.7 Å². The second kappa shape index (κ2) is 10.5. The first kappa shape index (κ1) is 24.8. The second-order valence-electron chi connectivity index (χ2n) is 9.66. The van der Waals surface area contributed by atoms with E-state index in [9.17, 15) is 14.7 Å². The number of benzene rings is 2. The number of ketones is 1. The molecule has 2 aliphatic heterocycles. The summed E-state index contributed by atoms with van der Waals surface area (Å²) in [6, 6.07) is 11.9. The average Bonchev–Trinajstić information content (AvgIpc) is 3.33. The van der Waals surface area contributed by atoms with Crippen molar-refractivity contribution in [2.75, 3.05) is 33.8 Å². The van der Waals surface area contributed by atoms with E-state index in [1.165, 1.54) is 4.90 Å². The molecule has 2 aromatic rings. The Morgan fingerprint density at radius 2 is 2.00 bits per heavy atom. The molecule has 2 aromatic carbocycles. The van der Waals surface area contributed by atoms with Gasteiger partial charge in [-0.3, -0.25) is 9.59 Å². The van der Waals surface area contributed by atoms with E-state index >= 15 is 0 Å². The number of ether oxygens (including phenoxy) is 2. The summed E-state index contributed by atoms with van der Waals surface area (Å²) in [6.45, 7) is 5.81. The van der Waals surface area contributed by atoms with Crippen LogP contribution in [0.1, 0.15) is 49.4 Å². The fraction of sp³-hybridized carbons (Fsp3) is 0.429. The van der Waals surface area contributed by atoms with Crippen LogP contribution in [-0.2, 0) is 16.0 Å². The lowest BCUT2D eigenvalue weighted by molar-refractivity contribution is -0.858. The van der Waals surface area contributed by atoms with Crippen molar-refractivity contribution in [2.24, 2.45) is 0 Å². The highest BCUT2D eigenvalue weighted by molar-refractivity contribution is 6.46. The van der Waals surface area contributed by atoms with Crippen LogP contribution < -0.4 is 19.5 Å². The smallest absolute Gasteiger partial charge is 0.295 e. The van der Waals surface area contributed by atoms with Gasteiger partial charge in [0.05, 0.1) is 33.3 Å². The minimum Gasteiger partial charge on any atom is -0.872 e. The summed E-state index contributed by atoms with van der Waals surface area (Å²) in [5, 5.41) is 13.7. The van der Waals surface area contributed by atoms with E-state index < -0.39 is 23.5 Å². The van der Waals surface area contributed by atoms with Crippen molar-refractivity contribution in [3.8, 4) is 11.5 Å². The van der Waals surface area contributed by atoms with E-state index in [1.54, 1.807) is 23.1 Å². The van der Waals surface area contributed by atoms with E-state index in [2.05, 4.69) is 0 Å². The van der Waals surface area contributed by atoms with Crippen molar-refractivity contribution in [2.45, 2.75) is 45.3 Å². The fourth-order valence-corrected chi connectivity index (χ4v) is 4.76. The molecule has 0 aliphatic carbocycles. The van der Waals surface area contributed by atoms with Gasteiger partial charge in [0.15, 0.2) is 0 Å². The quantitative estimate of drug-likeness (QED) is 0.336. The van der Waals surface area contributed by atoms with Crippen LogP contribution in [0, 0.1) is 0 Å². The lowest BCUT2D eigenvalue weighted by Gasteiger charge is -2.28. The highest BCUT2D eigenvalue weighted by Gasteiger charge is 2.44. The van der Waals surface area contributed by atoms with Gasteiger partial charge in [-0.2, -0.15) is 0 Å². The summed E-state index contributed by atoms with van der Waals surface area (Å²) >= 11 is 0. The maximum atomic E-state index is 13.7. The van der Waals surface area contributed by atoms with E-state index in [0.29, 0.717) is 36.4 Å². The van der Waals surface area contributed by atoms with Gasteiger partial charge < -0.3 is 24.4 Å². The van der Waals surface area contributed by atoms with Crippen molar-refractivity contribution in [3.63, 3.8) is 0 Å². The summed E-state index contributed by atoms with van der Waals surface area (Å²) in [5.74, 6) is -0.328. The van der Waals surface area contributed by atoms with Crippen LogP contribution in [-0.4, -0.2) is 56.5 Å². The first-order chi connectivity index (χ1) is 16.8. The minimum absolute atomic E-state index is 0.00625. The number of nitrogens with zero attached hydrogens (tertiary/aromatic N) is 1. The lowest BCUT2D eigenvalue weighted by Crippen LogP contribution is -3.05. The molecule has 2 atom stereocenters. The van der Waals surface area contributed by atoms with Gasteiger partial charge in [0, 0.05) is 25.0 Å². The van der Waals surface area contributed by atoms with E-state index in [4.69, 9.17) is 9.47 Å². The van der Waals surface area contributed by atoms with Gasteiger partial charge in [-0.1, -0.05) is 30.9 Å². The molecule has 1 N–H and O–H groups in total. The number of hydrogen-bond donors (Lipinski definition) is 1. The normalized spacial score (nSPS) is 20.9. The molecule has 4 rings (SSSR count). The monoisotopic (exact) mass is 478 g/mol. The number of Topliss-reactive ketones (excluding diaryl/α,β-unsaturated/α-hetero) is 1. The zero-order chi connectivity index (χ0) is 25.1. The SMILES string of the molecule is CCCOc1cccc(C2C(=C([O-])c3ccc4c(c3)CC(C)O4)C(=O)C(=O)N2CCC[NH+](C)C)c1. The minimum atomic E-state index is -0.742. The van der Waals surface area contributed by atoms with Gasteiger partial charge in [0.2, 0.25) is 5.78 Å². The molecule has 0 radical (unpaired) electrons. The number of quaternary nitrogens is 1. The number of nitrogens with one attached hydrogen (secondary N) is 1. The zero-order valence-electron chi connectivity index (χ0n) is 20.9. The number of fused-ring (bicyclic) bond motifs is 1. The molecular formula is C28H34N2O5. The Labute approximate surface area is 206 Å².